The van der Waals surface area contributed by atoms with Crippen molar-refractivity contribution >= 4 is 17.6 Å². The zero-order valence-corrected chi connectivity index (χ0v) is 15.1. The molecule has 0 aliphatic rings. The lowest BCUT2D eigenvalue weighted by molar-refractivity contribution is -0.149. The van der Waals surface area contributed by atoms with Gasteiger partial charge in [-0.15, -0.1) is 0 Å². The van der Waals surface area contributed by atoms with Gasteiger partial charge in [0.2, 0.25) is 5.91 Å². The van der Waals surface area contributed by atoms with E-state index in [2.05, 4.69) is 5.32 Å². The zero-order valence-electron chi connectivity index (χ0n) is 15.1. The lowest BCUT2D eigenvalue weighted by atomic mass is 10.1. The Morgan fingerprint density at radius 2 is 1.61 bits per heavy atom. The van der Waals surface area contributed by atoms with Crippen molar-refractivity contribution in [1.82, 2.24) is 4.90 Å². The van der Waals surface area contributed by atoms with Crippen LogP contribution in [-0.4, -0.2) is 37.0 Å². The molecule has 5 nitrogen and oxygen atoms in total. The fraction of sp³-hybridized carbons (Fsp3) is 0.263. The number of hydrogen-bond acceptors (Lipinski definition) is 4. The number of carbonyl (C=O) groups is 2. The van der Waals surface area contributed by atoms with Crippen LogP contribution in [0.1, 0.15) is 18.5 Å². The molecule has 150 valence electrons. The predicted octanol–water partition coefficient (Wildman–Crippen LogP) is 3.42. The third-order valence-corrected chi connectivity index (χ3v) is 3.81. The van der Waals surface area contributed by atoms with E-state index in [9.17, 15) is 27.2 Å². The molecule has 9 heteroatoms. The van der Waals surface area contributed by atoms with E-state index in [-0.39, 0.29) is 24.4 Å². The van der Waals surface area contributed by atoms with Crippen molar-refractivity contribution in [2.24, 2.45) is 0 Å². The molecule has 0 aliphatic heterocycles. The summed E-state index contributed by atoms with van der Waals surface area (Å²) < 4.78 is 57.9. The molecule has 0 saturated heterocycles. The van der Waals surface area contributed by atoms with Gasteiger partial charge in [0.25, 0.3) is 0 Å². The Labute approximate surface area is 158 Å². The number of amides is 1. The van der Waals surface area contributed by atoms with E-state index in [1.807, 2.05) is 0 Å². The standard InChI is InChI=1S/C19H18F4N2O3/c1-3-28-19(27)18(11-4-6-13(20)15(22)8-11)25(2)10-17(26)24-12-5-7-14(21)16(23)9-12/h4-9,18H,3,10H2,1-2H3,(H,24,26)/t18-/m1/s1. The molecule has 0 aliphatic carbocycles. The zero-order chi connectivity index (χ0) is 20.8. The molecule has 2 rings (SSSR count). The van der Waals surface area contributed by atoms with E-state index >= 15 is 0 Å². The van der Waals surface area contributed by atoms with Crippen LogP contribution < -0.4 is 5.32 Å². The Bertz CT molecular complexity index is 876. The van der Waals surface area contributed by atoms with Crippen molar-refractivity contribution in [1.29, 1.82) is 0 Å². The summed E-state index contributed by atoms with van der Waals surface area (Å²) in [5, 5.41) is 2.37. The van der Waals surface area contributed by atoms with Gasteiger partial charge < -0.3 is 10.1 Å². The van der Waals surface area contributed by atoms with Gasteiger partial charge in [-0.05, 0) is 43.8 Å². The van der Waals surface area contributed by atoms with Gasteiger partial charge in [0, 0.05) is 11.8 Å². The maximum absolute atomic E-state index is 13.6. The van der Waals surface area contributed by atoms with Crippen LogP contribution in [0, 0.1) is 23.3 Å². The number of ether oxygens (including phenoxy) is 1. The van der Waals surface area contributed by atoms with E-state index in [1.54, 1.807) is 6.92 Å². The van der Waals surface area contributed by atoms with Gasteiger partial charge >= 0.3 is 5.97 Å². The van der Waals surface area contributed by atoms with Gasteiger partial charge in [0.1, 0.15) is 6.04 Å². The molecule has 2 aromatic rings. The Hall–Kier alpha value is -2.94. The number of benzene rings is 2. The first-order valence-corrected chi connectivity index (χ1v) is 8.29. The fourth-order valence-corrected chi connectivity index (χ4v) is 2.57. The Morgan fingerprint density at radius 3 is 2.18 bits per heavy atom. The average Bonchev–Trinajstić information content (AvgIpc) is 2.61. The monoisotopic (exact) mass is 398 g/mol. The highest BCUT2D eigenvalue weighted by molar-refractivity contribution is 5.92. The van der Waals surface area contributed by atoms with Crippen molar-refractivity contribution in [2.45, 2.75) is 13.0 Å². The normalized spacial score (nSPS) is 12.0. The topological polar surface area (TPSA) is 58.6 Å². The van der Waals surface area contributed by atoms with E-state index in [0.717, 1.165) is 24.3 Å². The molecule has 0 spiro atoms. The molecule has 0 fully saturated rings. The van der Waals surface area contributed by atoms with Crippen LogP contribution in [0.2, 0.25) is 0 Å². The first-order chi connectivity index (χ1) is 13.2. The van der Waals surface area contributed by atoms with Gasteiger partial charge in [-0.2, -0.15) is 0 Å². The maximum atomic E-state index is 13.6. The van der Waals surface area contributed by atoms with Crippen LogP contribution in [0.25, 0.3) is 0 Å². The molecule has 1 atom stereocenters. The third-order valence-electron chi connectivity index (χ3n) is 3.81. The van der Waals surface area contributed by atoms with E-state index in [1.165, 1.54) is 24.1 Å². The minimum Gasteiger partial charge on any atom is -0.465 e. The first kappa shape index (κ1) is 21.4. The number of hydrogen-bond donors (Lipinski definition) is 1. The van der Waals surface area contributed by atoms with Crippen LogP contribution in [-0.2, 0) is 14.3 Å². The van der Waals surface area contributed by atoms with Crippen LogP contribution in [0.15, 0.2) is 36.4 Å². The van der Waals surface area contributed by atoms with Crippen LogP contribution in [0.3, 0.4) is 0 Å². The lowest BCUT2D eigenvalue weighted by Gasteiger charge is -2.26. The Kier molecular flexibility index (Phi) is 7.11. The van der Waals surface area contributed by atoms with Crippen molar-refractivity contribution < 1.29 is 31.9 Å². The third kappa shape index (κ3) is 5.29. The maximum Gasteiger partial charge on any atom is 0.328 e. The number of anilines is 1. The number of rotatable bonds is 7. The second kappa shape index (κ2) is 9.32. The molecule has 0 bridgehead atoms. The number of likely N-dealkylation sites (N-methyl/N-ethyl adjacent to an activating group) is 1. The van der Waals surface area contributed by atoms with Gasteiger partial charge in [-0.25, -0.2) is 22.4 Å². The molecular weight excluding hydrogens is 380 g/mol. The lowest BCUT2D eigenvalue weighted by Crippen LogP contribution is -2.38. The van der Waals surface area contributed by atoms with Crippen molar-refractivity contribution in [3.63, 3.8) is 0 Å². The number of nitrogens with one attached hydrogen (secondary N) is 1. The molecular formula is C19H18F4N2O3. The number of nitrogens with zero attached hydrogens (tertiary/aromatic N) is 1. The van der Waals surface area contributed by atoms with Gasteiger partial charge in [0.05, 0.1) is 13.2 Å². The molecule has 0 saturated carbocycles. The number of carbonyl (C=O) groups excluding carboxylic acids is 2. The fourth-order valence-electron chi connectivity index (χ4n) is 2.57. The first-order valence-electron chi connectivity index (χ1n) is 8.29. The van der Waals surface area contributed by atoms with Gasteiger partial charge in [-0.3, -0.25) is 9.69 Å². The van der Waals surface area contributed by atoms with Crippen LogP contribution >= 0.6 is 0 Å². The van der Waals surface area contributed by atoms with E-state index in [0.29, 0.717) is 0 Å². The number of esters is 1. The summed E-state index contributed by atoms with van der Waals surface area (Å²) in [6.07, 6.45) is 0. The van der Waals surface area contributed by atoms with Gasteiger partial charge in [-0.1, -0.05) is 6.07 Å². The summed E-state index contributed by atoms with van der Waals surface area (Å²) in [7, 11) is 1.41. The average molecular weight is 398 g/mol. The highest BCUT2D eigenvalue weighted by atomic mass is 19.2. The Balaban J connectivity index is 2.17. The van der Waals surface area contributed by atoms with Crippen molar-refractivity contribution in [2.75, 3.05) is 25.5 Å². The number of halogens is 4. The summed E-state index contributed by atoms with van der Waals surface area (Å²) in [6.45, 7) is 1.27. The summed E-state index contributed by atoms with van der Waals surface area (Å²) in [5.41, 5.74) is 0.123. The molecule has 1 amide bonds. The van der Waals surface area contributed by atoms with Crippen molar-refractivity contribution in [3.05, 3.63) is 65.2 Å². The predicted molar refractivity (Wildman–Crippen MR) is 93.3 cm³/mol. The van der Waals surface area contributed by atoms with E-state index in [4.69, 9.17) is 4.74 Å². The summed E-state index contributed by atoms with van der Waals surface area (Å²) in [6, 6.07) is 4.60. The van der Waals surface area contributed by atoms with Crippen molar-refractivity contribution in [3.8, 4) is 0 Å². The minimum atomic E-state index is -1.18. The van der Waals surface area contributed by atoms with E-state index < -0.39 is 41.2 Å². The highest BCUT2D eigenvalue weighted by Crippen LogP contribution is 2.23. The molecule has 0 aromatic heterocycles. The molecule has 2 aromatic carbocycles. The minimum absolute atomic E-state index is 0.0258. The second-order valence-corrected chi connectivity index (χ2v) is 5.92. The smallest absolute Gasteiger partial charge is 0.328 e. The highest BCUT2D eigenvalue weighted by Gasteiger charge is 2.29. The van der Waals surface area contributed by atoms with Crippen LogP contribution in [0.4, 0.5) is 23.2 Å². The second-order valence-electron chi connectivity index (χ2n) is 5.92. The largest absolute Gasteiger partial charge is 0.465 e. The summed E-state index contributed by atoms with van der Waals surface area (Å²) in [5.74, 6) is -5.80. The Morgan fingerprint density at radius 1 is 1.00 bits per heavy atom. The van der Waals surface area contributed by atoms with Gasteiger partial charge in [0.15, 0.2) is 23.3 Å². The molecule has 0 radical (unpaired) electrons. The summed E-state index contributed by atoms with van der Waals surface area (Å²) in [4.78, 5) is 25.8. The SMILES string of the molecule is CCOC(=O)[C@@H](c1ccc(F)c(F)c1)N(C)CC(=O)Nc1ccc(F)c(F)c1. The summed E-state index contributed by atoms with van der Waals surface area (Å²) >= 11 is 0. The van der Waals surface area contributed by atoms with Crippen LogP contribution in [0.5, 0.6) is 0 Å². The molecule has 1 N–H and O–H groups in total. The molecule has 0 unspecified atom stereocenters. The quantitative estimate of drug-likeness (QED) is 0.574. The molecule has 28 heavy (non-hydrogen) atoms. The molecule has 0 heterocycles.